The highest BCUT2D eigenvalue weighted by molar-refractivity contribution is 7.91. The Morgan fingerprint density at radius 3 is 2.68 bits per heavy atom. The molecule has 0 amide bonds. The second kappa shape index (κ2) is 6.02. The minimum absolute atomic E-state index is 0.0915. The Hall–Kier alpha value is -0.920. The molecule has 1 saturated carbocycles. The van der Waals surface area contributed by atoms with Crippen molar-refractivity contribution in [3.63, 3.8) is 0 Å². The third-order valence-electron chi connectivity index (χ3n) is 3.30. The quantitative estimate of drug-likeness (QED) is 0.779. The molecule has 1 aromatic rings. The monoisotopic (exact) mass is 303 g/mol. The smallest absolute Gasteiger partial charge is 0.321 e. The summed E-state index contributed by atoms with van der Waals surface area (Å²) in [6, 6.07) is 3.17. The van der Waals surface area contributed by atoms with Crippen molar-refractivity contribution in [3.8, 4) is 0 Å². The van der Waals surface area contributed by atoms with E-state index < -0.39 is 16.0 Å². The number of methoxy groups -OCH3 is 1. The van der Waals surface area contributed by atoms with Crippen molar-refractivity contribution < 1.29 is 17.9 Å². The van der Waals surface area contributed by atoms with Gasteiger partial charge in [-0.25, -0.2) is 8.42 Å². The van der Waals surface area contributed by atoms with E-state index in [-0.39, 0.29) is 16.8 Å². The molecule has 2 rings (SSSR count). The number of thiophene rings is 1. The number of sulfonamides is 1. The van der Waals surface area contributed by atoms with Gasteiger partial charge < -0.3 is 4.74 Å². The van der Waals surface area contributed by atoms with Crippen molar-refractivity contribution in [2.75, 3.05) is 13.7 Å². The highest BCUT2D eigenvalue weighted by Gasteiger charge is 2.35. The van der Waals surface area contributed by atoms with Crippen LogP contribution in [0.15, 0.2) is 21.7 Å². The summed E-state index contributed by atoms with van der Waals surface area (Å²) in [7, 11) is -2.32. The first kappa shape index (κ1) is 14.5. The molecule has 19 heavy (non-hydrogen) atoms. The lowest BCUT2D eigenvalue weighted by atomic mass is 10.2. The molecule has 1 aromatic heterocycles. The van der Waals surface area contributed by atoms with E-state index in [0.29, 0.717) is 0 Å². The average Bonchev–Trinajstić information content (AvgIpc) is 3.07. The first-order valence-corrected chi connectivity index (χ1v) is 8.50. The zero-order chi connectivity index (χ0) is 13.9. The largest absolute Gasteiger partial charge is 0.468 e. The summed E-state index contributed by atoms with van der Waals surface area (Å²) >= 11 is 1.17. The summed E-state index contributed by atoms with van der Waals surface area (Å²) in [4.78, 5) is 11.5. The molecule has 0 N–H and O–H groups in total. The van der Waals surface area contributed by atoms with E-state index in [4.69, 9.17) is 0 Å². The van der Waals surface area contributed by atoms with Gasteiger partial charge in [-0.3, -0.25) is 4.79 Å². The lowest BCUT2D eigenvalue weighted by molar-refractivity contribution is -0.141. The predicted molar refractivity (Wildman–Crippen MR) is 72.5 cm³/mol. The Labute approximate surface area is 117 Å². The maximum absolute atomic E-state index is 12.6. The first-order chi connectivity index (χ1) is 9.05. The molecule has 106 valence electrons. The van der Waals surface area contributed by atoms with E-state index in [1.165, 1.54) is 22.8 Å². The normalized spacial score (nSPS) is 16.9. The summed E-state index contributed by atoms with van der Waals surface area (Å²) in [5.41, 5.74) is 0. The zero-order valence-electron chi connectivity index (χ0n) is 10.7. The van der Waals surface area contributed by atoms with Gasteiger partial charge in [0.1, 0.15) is 10.8 Å². The molecule has 1 fully saturated rings. The fraction of sp³-hybridized carbons (Fsp3) is 0.583. The van der Waals surface area contributed by atoms with Gasteiger partial charge in [-0.2, -0.15) is 4.31 Å². The third kappa shape index (κ3) is 3.16. The second-order valence-corrected chi connectivity index (χ2v) is 7.56. The van der Waals surface area contributed by atoms with Crippen molar-refractivity contribution in [2.24, 2.45) is 0 Å². The van der Waals surface area contributed by atoms with Gasteiger partial charge in [0, 0.05) is 6.04 Å². The maximum Gasteiger partial charge on any atom is 0.321 e. The van der Waals surface area contributed by atoms with Crippen LogP contribution in [-0.2, 0) is 19.6 Å². The van der Waals surface area contributed by atoms with Crippen molar-refractivity contribution in [1.82, 2.24) is 4.31 Å². The Kier molecular flexibility index (Phi) is 4.59. The van der Waals surface area contributed by atoms with E-state index in [2.05, 4.69) is 4.74 Å². The van der Waals surface area contributed by atoms with Crippen LogP contribution in [0.25, 0.3) is 0 Å². The highest BCUT2D eigenvalue weighted by atomic mass is 32.2. The Morgan fingerprint density at radius 2 is 2.16 bits per heavy atom. The molecular formula is C12H17NO4S2. The van der Waals surface area contributed by atoms with Crippen LogP contribution in [0.4, 0.5) is 0 Å². The van der Waals surface area contributed by atoms with Crippen LogP contribution in [0.2, 0.25) is 0 Å². The first-order valence-electron chi connectivity index (χ1n) is 6.18. The summed E-state index contributed by atoms with van der Waals surface area (Å²) in [6.07, 6.45) is 3.62. The Balaban J connectivity index is 2.28. The van der Waals surface area contributed by atoms with Crippen LogP contribution in [0.3, 0.4) is 0 Å². The summed E-state index contributed by atoms with van der Waals surface area (Å²) < 4.78 is 31.3. The van der Waals surface area contributed by atoms with Crippen LogP contribution < -0.4 is 0 Å². The van der Waals surface area contributed by atoms with Crippen molar-refractivity contribution in [2.45, 2.75) is 35.9 Å². The number of nitrogens with zero attached hydrogens (tertiary/aromatic N) is 1. The molecule has 0 saturated heterocycles. The van der Waals surface area contributed by atoms with E-state index >= 15 is 0 Å². The van der Waals surface area contributed by atoms with E-state index in [1.807, 2.05) is 0 Å². The number of carbonyl (C=O) groups is 1. The van der Waals surface area contributed by atoms with E-state index in [0.717, 1.165) is 25.7 Å². The molecule has 0 spiro atoms. The standard InChI is InChI=1S/C12H17NO4S2/c1-17-11(14)9-13(10-5-2-3-6-10)19(15,16)12-7-4-8-18-12/h4,7-8,10H,2-3,5-6,9H2,1H3. The topological polar surface area (TPSA) is 63.7 Å². The lowest BCUT2D eigenvalue weighted by Gasteiger charge is -2.26. The van der Waals surface area contributed by atoms with Crippen LogP contribution in [0.1, 0.15) is 25.7 Å². The van der Waals surface area contributed by atoms with E-state index in [1.54, 1.807) is 17.5 Å². The Bertz CT molecular complexity index is 518. The van der Waals surface area contributed by atoms with Gasteiger partial charge in [-0.05, 0) is 24.3 Å². The molecule has 0 unspecified atom stereocenters. The fourth-order valence-corrected chi connectivity index (χ4v) is 5.07. The molecule has 0 aliphatic heterocycles. The Morgan fingerprint density at radius 1 is 1.47 bits per heavy atom. The van der Waals surface area contributed by atoms with Gasteiger partial charge in [-0.1, -0.05) is 18.9 Å². The molecule has 0 atom stereocenters. The molecule has 1 heterocycles. The van der Waals surface area contributed by atoms with Crippen LogP contribution in [-0.4, -0.2) is 38.4 Å². The SMILES string of the molecule is COC(=O)CN(C1CCCC1)S(=O)(=O)c1cccs1. The predicted octanol–water partition coefficient (Wildman–Crippen LogP) is 1.85. The van der Waals surface area contributed by atoms with Crippen LogP contribution in [0, 0.1) is 0 Å². The summed E-state index contributed by atoms with van der Waals surface area (Å²) in [6.45, 7) is -0.207. The second-order valence-electron chi connectivity index (χ2n) is 4.50. The molecule has 5 nitrogen and oxygen atoms in total. The third-order valence-corrected chi connectivity index (χ3v) is 6.57. The number of carbonyl (C=O) groups excluding carboxylic acids is 1. The number of hydrogen-bond donors (Lipinski definition) is 0. The minimum atomic E-state index is -3.60. The van der Waals surface area contributed by atoms with Crippen molar-refractivity contribution in [3.05, 3.63) is 17.5 Å². The number of rotatable bonds is 5. The number of ether oxygens (including phenoxy) is 1. The molecule has 1 aliphatic rings. The zero-order valence-corrected chi connectivity index (χ0v) is 12.4. The fourth-order valence-electron chi connectivity index (χ4n) is 2.32. The molecule has 1 aliphatic carbocycles. The van der Waals surface area contributed by atoms with Gasteiger partial charge in [0.15, 0.2) is 0 Å². The minimum Gasteiger partial charge on any atom is -0.468 e. The molecule has 7 heteroatoms. The molecule has 0 aromatic carbocycles. The lowest BCUT2D eigenvalue weighted by Crippen LogP contribution is -2.42. The molecule has 0 radical (unpaired) electrons. The van der Waals surface area contributed by atoms with Gasteiger partial charge in [0.25, 0.3) is 10.0 Å². The highest BCUT2D eigenvalue weighted by Crippen LogP contribution is 2.30. The summed E-state index contributed by atoms with van der Waals surface area (Å²) in [5, 5.41) is 1.72. The number of hydrogen-bond acceptors (Lipinski definition) is 5. The average molecular weight is 303 g/mol. The van der Waals surface area contributed by atoms with Crippen molar-refractivity contribution in [1.29, 1.82) is 0 Å². The van der Waals surface area contributed by atoms with Gasteiger partial charge in [0.05, 0.1) is 7.11 Å². The van der Waals surface area contributed by atoms with Crippen LogP contribution >= 0.6 is 11.3 Å². The summed E-state index contributed by atoms with van der Waals surface area (Å²) in [5.74, 6) is -0.521. The molecular weight excluding hydrogens is 286 g/mol. The van der Waals surface area contributed by atoms with Gasteiger partial charge in [-0.15, -0.1) is 11.3 Å². The maximum atomic E-state index is 12.6. The van der Waals surface area contributed by atoms with E-state index in [9.17, 15) is 13.2 Å². The van der Waals surface area contributed by atoms with Crippen LogP contribution in [0.5, 0.6) is 0 Å². The van der Waals surface area contributed by atoms with Gasteiger partial charge >= 0.3 is 5.97 Å². The molecule has 0 bridgehead atoms. The van der Waals surface area contributed by atoms with Gasteiger partial charge in [0.2, 0.25) is 0 Å². The van der Waals surface area contributed by atoms with Crippen molar-refractivity contribution >= 4 is 27.3 Å². The number of esters is 1.